The summed E-state index contributed by atoms with van der Waals surface area (Å²) < 4.78 is 11.1. The minimum absolute atomic E-state index is 0.0850. The Morgan fingerprint density at radius 2 is 1.97 bits per heavy atom. The van der Waals surface area contributed by atoms with E-state index in [4.69, 9.17) is 9.47 Å². The first-order chi connectivity index (χ1) is 14.6. The van der Waals surface area contributed by atoms with Crippen LogP contribution in [0.3, 0.4) is 0 Å². The predicted octanol–water partition coefficient (Wildman–Crippen LogP) is 1.48. The molecule has 4 rings (SSSR count). The van der Waals surface area contributed by atoms with E-state index < -0.39 is 0 Å². The summed E-state index contributed by atoms with van der Waals surface area (Å²) in [4.78, 5) is 33.5. The highest BCUT2D eigenvalue weighted by Gasteiger charge is 2.13. The van der Waals surface area contributed by atoms with Crippen molar-refractivity contribution in [1.82, 2.24) is 20.2 Å². The maximum Gasteiger partial charge on any atom is 0.258 e. The van der Waals surface area contributed by atoms with Gasteiger partial charge in [0.25, 0.3) is 5.56 Å². The molecule has 1 aliphatic heterocycles. The molecule has 0 atom stereocenters. The lowest BCUT2D eigenvalue weighted by Gasteiger charge is -2.19. The zero-order chi connectivity index (χ0) is 20.9. The fourth-order valence-corrected chi connectivity index (χ4v) is 3.41. The highest BCUT2D eigenvalue weighted by molar-refractivity contribution is 5.78. The van der Waals surface area contributed by atoms with Crippen LogP contribution in [0.25, 0.3) is 10.9 Å². The van der Waals surface area contributed by atoms with Gasteiger partial charge in [0.1, 0.15) is 19.0 Å². The van der Waals surface area contributed by atoms with Crippen molar-refractivity contribution in [3.63, 3.8) is 0 Å². The van der Waals surface area contributed by atoms with Gasteiger partial charge in [-0.3, -0.25) is 14.5 Å². The van der Waals surface area contributed by atoms with Crippen molar-refractivity contribution in [1.29, 1.82) is 0 Å². The molecule has 2 heterocycles. The summed E-state index contributed by atoms with van der Waals surface area (Å²) >= 11 is 0. The molecule has 0 saturated heterocycles. The van der Waals surface area contributed by atoms with Gasteiger partial charge in [-0.15, -0.1) is 0 Å². The van der Waals surface area contributed by atoms with Crippen LogP contribution in [0.2, 0.25) is 0 Å². The number of likely N-dealkylation sites (N-methyl/N-ethyl adjacent to an activating group) is 1. The molecule has 1 amide bonds. The van der Waals surface area contributed by atoms with E-state index in [1.54, 1.807) is 18.2 Å². The molecular weight excluding hydrogens is 384 g/mol. The Labute approximate surface area is 173 Å². The number of carbonyl (C=O) groups is 1. The molecule has 1 aromatic heterocycles. The highest BCUT2D eigenvalue weighted by Crippen LogP contribution is 2.30. The van der Waals surface area contributed by atoms with Gasteiger partial charge < -0.3 is 19.8 Å². The number of ether oxygens (including phenoxy) is 2. The van der Waals surface area contributed by atoms with Gasteiger partial charge in [-0.2, -0.15) is 0 Å². The van der Waals surface area contributed by atoms with Gasteiger partial charge in [-0.25, -0.2) is 4.98 Å². The van der Waals surface area contributed by atoms with Crippen LogP contribution < -0.4 is 20.3 Å². The van der Waals surface area contributed by atoms with E-state index in [1.807, 2.05) is 36.2 Å². The van der Waals surface area contributed by atoms with Crippen molar-refractivity contribution in [2.75, 3.05) is 33.4 Å². The minimum atomic E-state index is -0.173. The number of para-hydroxylation sites is 1. The summed E-state index contributed by atoms with van der Waals surface area (Å²) in [6.07, 6.45) is 0.700. The number of benzene rings is 2. The van der Waals surface area contributed by atoms with Gasteiger partial charge in [0.2, 0.25) is 5.91 Å². The number of hydrogen-bond acceptors (Lipinski definition) is 6. The second-order valence-electron chi connectivity index (χ2n) is 7.28. The molecule has 0 unspecified atom stereocenters. The third kappa shape index (κ3) is 4.77. The molecule has 0 aliphatic carbocycles. The summed E-state index contributed by atoms with van der Waals surface area (Å²) in [6.45, 7) is 2.22. The summed E-state index contributed by atoms with van der Waals surface area (Å²) in [5, 5.41) is 3.48. The van der Waals surface area contributed by atoms with E-state index in [2.05, 4.69) is 15.3 Å². The van der Waals surface area contributed by atoms with Gasteiger partial charge in [-0.05, 0) is 43.3 Å². The maximum atomic E-state index is 12.3. The quantitative estimate of drug-likeness (QED) is 0.615. The van der Waals surface area contributed by atoms with Gasteiger partial charge >= 0.3 is 0 Å². The molecule has 0 saturated carbocycles. The second-order valence-corrected chi connectivity index (χ2v) is 7.28. The van der Waals surface area contributed by atoms with Gasteiger partial charge in [-0.1, -0.05) is 18.2 Å². The highest BCUT2D eigenvalue weighted by atomic mass is 16.6. The number of H-pyrrole nitrogens is 1. The SMILES string of the molecule is CN(CC(=O)NCCc1ccc2c(c1)OCCO2)Cc1nc2ccccc2c(=O)[nH]1. The lowest BCUT2D eigenvalue weighted by Crippen LogP contribution is -2.36. The van der Waals surface area contributed by atoms with Crippen molar-refractivity contribution >= 4 is 16.8 Å². The maximum absolute atomic E-state index is 12.3. The fourth-order valence-electron chi connectivity index (χ4n) is 3.41. The van der Waals surface area contributed by atoms with Crippen LogP contribution in [0, 0.1) is 0 Å². The van der Waals surface area contributed by atoms with Crippen LogP contribution in [-0.2, 0) is 17.8 Å². The molecule has 156 valence electrons. The van der Waals surface area contributed by atoms with Gasteiger partial charge in [0, 0.05) is 6.54 Å². The number of rotatable bonds is 7. The molecule has 3 aromatic rings. The Bertz CT molecular complexity index is 1110. The van der Waals surface area contributed by atoms with Crippen LogP contribution in [0.15, 0.2) is 47.3 Å². The molecule has 0 radical (unpaired) electrons. The number of aromatic amines is 1. The summed E-state index contributed by atoms with van der Waals surface area (Å²) in [6, 6.07) is 13.0. The van der Waals surface area contributed by atoms with E-state index >= 15 is 0 Å². The van der Waals surface area contributed by atoms with Crippen molar-refractivity contribution in [2.45, 2.75) is 13.0 Å². The van der Waals surface area contributed by atoms with E-state index in [0.29, 0.717) is 49.5 Å². The molecule has 30 heavy (non-hydrogen) atoms. The average Bonchev–Trinajstić information content (AvgIpc) is 2.73. The van der Waals surface area contributed by atoms with Crippen LogP contribution in [0.5, 0.6) is 11.5 Å². The molecule has 2 aromatic carbocycles. The van der Waals surface area contributed by atoms with E-state index in [9.17, 15) is 9.59 Å². The number of nitrogens with one attached hydrogen (secondary N) is 2. The largest absolute Gasteiger partial charge is 0.486 e. The van der Waals surface area contributed by atoms with Crippen molar-refractivity contribution in [3.8, 4) is 11.5 Å². The molecule has 8 heteroatoms. The molecule has 0 bridgehead atoms. The number of amides is 1. The molecule has 0 fully saturated rings. The molecule has 8 nitrogen and oxygen atoms in total. The van der Waals surface area contributed by atoms with Crippen LogP contribution in [-0.4, -0.2) is 54.1 Å². The minimum Gasteiger partial charge on any atom is -0.486 e. The lowest BCUT2D eigenvalue weighted by molar-refractivity contribution is -0.122. The Morgan fingerprint density at radius 1 is 1.17 bits per heavy atom. The summed E-state index contributed by atoms with van der Waals surface area (Å²) in [7, 11) is 1.82. The molecular formula is C22H24N4O4. The summed E-state index contributed by atoms with van der Waals surface area (Å²) in [5.41, 5.74) is 1.55. The first-order valence-electron chi connectivity index (χ1n) is 9.90. The zero-order valence-electron chi connectivity index (χ0n) is 16.8. The Hall–Kier alpha value is -3.39. The topological polar surface area (TPSA) is 96.6 Å². The van der Waals surface area contributed by atoms with E-state index in [1.165, 1.54) is 0 Å². The number of aromatic nitrogens is 2. The van der Waals surface area contributed by atoms with E-state index in [-0.39, 0.29) is 18.0 Å². The van der Waals surface area contributed by atoms with Crippen molar-refractivity contribution in [3.05, 3.63) is 64.2 Å². The first kappa shape index (κ1) is 19.9. The second kappa shape index (κ2) is 8.96. The number of fused-ring (bicyclic) bond motifs is 2. The van der Waals surface area contributed by atoms with Crippen molar-refractivity contribution in [2.24, 2.45) is 0 Å². The smallest absolute Gasteiger partial charge is 0.258 e. The normalized spacial score (nSPS) is 12.9. The Balaban J connectivity index is 1.26. The van der Waals surface area contributed by atoms with Gasteiger partial charge in [0.05, 0.1) is 24.0 Å². The lowest BCUT2D eigenvalue weighted by atomic mass is 10.1. The Kier molecular flexibility index (Phi) is 5.94. The standard InChI is InChI=1S/C22H24N4O4/c1-26(13-20-24-17-5-3-2-4-16(17)22(28)25-20)14-21(27)23-9-8-15-6-7-18-19(12-15)30-11-10-29-18/h2-7,12H,8-11,13-14H2,1H3,(H,23,27)(H,24,25,28). The average molecular weight is 408 g/mol. The Morgan fingerprint density at radius 3 is 2.83 bits per heavy atom. The summed E-state index contributed by atoms with van der Waals surface area (Å²) in [5.74, 6) is 1.96. The van der Waals surface area contributed by atoms with E-state index in [0.717, 1.165) is 17.1 Å². The van der Waals surface area contributed by atoms with Crippen molar-refractivity contribution < 1.29 is 14.3 Å². The zero-order valence-corrected chi connectivity index (χ0v) is 16.8. The van der Waals surface area contributed by atoms with Gasteiger partial charge in [0.15, 0.2) is 11.5 Å². The first-order valence-corrected chi connectivity index (χ1v) is 9.90. The monoisotopic (exact) mass is 408 g/mol. The van der Waals surface area contributed by atoms with Crippen LogP contribution in [0.1, 0.15) is 11.4 Å². The molecule has 1 aliphatic rings. The predicted molar refractivity (Wildman–Crippen MR) is 113 cm³/mol. The molecule has 2 N–H and O–H groups in total. The molecule has 0 spiro atoms. The number of hydrogen-bond donors (Lipinski definition) is 2. The number of nitrogens with zero attached hydrogens (tertiary/aromatic N) is 2. The van der Waals surface area contributed by atoms with Crippen LogP contribution in [0.4, 0.5) is 0 Å². The number of carbonyl (C=O) groups excluding carboxylic acids is 1. The third-order valence-electron chi connectivity index (χ3n) is 4.84. The third-order valence-corrected chi connectivity index (χ3v) is 4.84. The van der Waals surface area contributed by atoms with Crippen LogP contribution >= 0.6 is 0 Å². The fraction of sp³-hybridized carbons (Fsp3) is 0.318.